The predicted octanol–water partition coefficient (Wildman–Crippen LogP) is 1.65. The monoisotopic (exact) mass is 190 g/mol. The van der Waals surface area contributed by atoms with Crippen molar-refractivity contribution in [3.05, 3.63) is 35.3 Å². The zero-order valence-corrected chi connectivity index (χ0v) is 7.98. The molecule has 0 aromatic carbocycles. The van der Waals surface area contributed by atoms with Crippen molar-refractivity contribution in [2.45, 2.75) is 13.8 Å². The molecule has 0 aliphatic heterocycles. The fourth-order valence-corrected chi connectivity index (χ4v) is 1.56. The first-order valence-corrected chi connectivity index (χ1v) is 4.28. The molecular formula is C10H10N2O2. The quantitative estimate of drug-likeness (QED) is 0.743. The maximum Gasteiger partial charge on any atom is 0.339 e. The van der Waals surface area contributed by atoms with Crippen molar-refractivity contribution in [1.29, 1.82) is 0 Å². The van der Waals surface area contributed by atoms with E-state index in [1.165, 1.54) is 0 Å². The fraction of sp³-hybridized carbons (Fsp3) is 0.200. The number of aromatic carboxylic acids is 1. The SMILES string of the molecule is Cc1cc(C)n2ccc(C(=O)O)c2n1. The molecule has 0 aliphatic carbocycles. The van der Waals surface area contributed by atoms with Gasteiger partial charge in [-0.3, -0.25) is 0 Å². The molecule has 2 rings (SSSR count). The van der Waals surface area contributed by atoms with Crippen molar-refractivity contribution in [3.8, 4) is 0 Å². The van der Waals surface area contributed by atoms with Gasteiger partial charge in [0.2, 0.25) is 0 Å². The Labute approximate surface area is 80.8 Å². The van der Waals surface area contributed by atoms with Gasteiger partial charge in [-0.05, 0) is 26.0 Å². The van der Waals surface area contributed by atoms with Crippen LogP contribution in [0, 0.1) is 13.8 Å². The molecule has 0 aliphatic rings. The molecule has 1 N–H and O–H groups in total. The van der Waals surface area contributed by atoms with Gasteiger partial charge in [0.25, 0.3) is 0 Å². The molecule has 0 atom stereocenters. The van der Waals surface area contributed by atoms with Gasteiger partial charge in [-0.2, -0.15) is 0 Å². The van der Waals surface area contributed by atoms with Gasteiger partial charge in [0.1, 0.15) is 5.56 Å². The molecule has 2 heterocycles. The smallest absolute Gasteiger partial charge is 0.339 e. The van der Waals surface area contributed by atoms with Gasteiger partial charge in [-0.1, -0.05) is 0 Å². The second-order valence-corrected chi connectivity index (χ2v) is 3.27. The van der Waals surface area contributed by atoms with Crippen LogP contribution in [0.3, 0.4) is 0 Å². The summed E-state index contributed by atoms with van der Waals surface area (Å²) in [6.45, 7) is 3.78. The number of nitrogens with zero attached hydrogens (tertiary/aromatic N) is 2. The first kappa shape index (κ1) is 8.74. The van der Waals surface area contributed by atoms with Crippen LogP contribution in [0.2, 0.25) is 0 Å². The second-order valence-electron chi connectivity index (χ2n) is 3.27. The summed E-state index contributed by atoms with van der Waals surface area (Å²) in [5, 5.41) is 8.90. The van der Waals surface area contributed by atoms with Crippen LogP contribution in [0.25, 0.3) is 5.65 Å². The Morgan fingerprint density at radius 3 is 2.86 bits per heavy atom. The first-order chi connectivity index (χ1) is 6.59. The highest BCUT2D eigenvalue weighted by Crippen LogP contribution is 2.13. The van der Waals surface area contributed by atoms with Crippen molar-refractivity contribution in [2.75, 3.05) is 0 Å². The molecule has 14 heavy (non-hydrogen) atoms. The number of carbonyl (C=O) groups is 1. The number of rotatable bonds is 1. The predicted molar refractivity (Wildman–Crippen MR) is 51.6 cm³/mol. The van der Waals surface area contributed by atoms with Gasteiger partial charge < -0.3 is 9.51 Å². The van der Waals surface area contributed by atoms with E-state index in [0.717, 1.165) is 11.4 Å². The van der Waals surface area contributed by atoms with Crippen molar-refractivity contribution in [3.63, 3.8) is 0 Å². The standard InChI is InChI=1S/C10H10N2O2/c1-6-5-7(2)12-4-3-8(10(13)14)9(12)11-6/h3-5H,1-2H3,(H,13,14). The van der Waals surface area contributed by atoms with Crippen molar-refractivity contribution < 1.29 is 9.90 Å². The Hall–Kier alpha value is -1.84. The summed E-state index contributed by atoms with van der Waals surface area (Å²) >= 11 is 0. The number of carboxylic acid groups (broad SMARTS) is 1. The van der Waals surface area contributed by atoms with E-state index >= 15 is 0 Å². The van der Waals surface area contributed by atoms with Crippen LogP contribution in [-0.4, -0.2) is 20.5 Å². The molecular weight excluding hydrogens is 180 g/mol. The molecule has 72 valence electrons. The second kappa shape index (κ2) is 2.83. The Bertz CT molecular complexity index is 514. The van der Waals surface area contributed by atoms with E-state index in [9.17, 15) is 4.79 Å². The molecule has 0 radical (unpaired) electrons. The molecule has 0 fully saturated rings. The Morgan fingerprint density at radius 1 is 1.50 bits per heavy atom. The Morgan fingerprint density at radius 2 is 2.21 bits per heavy atom. The minimum Gasteiger partial charge on any atom is -0.478 e. The summed E-state index contributed by atoms with van der Waals surface area (Å²) in [7, 11) is 0. The van der Waals surface area contributed by atoms with Crippen LogP contribution in [0.1, 0.15) is 21.7 Å². The third-order valence-corrected chi connectivity index (χ3v) is 2.17. The number of hydrogen-bond donors (Lipinski definition) is 1. The number of aromatic nitrogens is 2. The summed E-state index contributed by atoms with van der Waals surface area (Å²) in [4.78, 5) is 15.0. The molecule has 2 aromatic rings. The van der Waals surface area contributed by atoms with Crippen LogP contribution in [0.15, 0.2) is 18.3 Å². The lowest BCUT2D eigenvalue weighted by Gasteiger charge is -2.02. The molecule has 0 saturated carbocycles. The molecule has 0 amide bonds. The number of aryl methyl sites for hydroxylation is 2. The minimum absolute atomic E-state index is 0.247. The lowest BCUT2D eigenvalue weighted by Crippen LogP contribution is -2.00. The topological polar surface area (TPSA) is 54.6 Å². The number of carboxylic acids is 1. The molecule has 0 saturated heterocycles. The van der Waals surface area contributed by atoms with E-state index in [1.807, 2.05) is 19.9 Å². The molecule has 2 aromatic heterocycles. The normalized spacial score (nSPS) is 10.7. The summed E-state index contributed by atoms with van der Waals surface area (Å²) in [6, 6.07) is 3.48. The zero-order valence-electron chi connectivity index (χ0n) is 7.98. The molecule has 0 spiro atoms. The molecule has 4 heteroatoms. The Balaban J connectivity index is 2.85. The van der Waals surface area contributed by atoms with Crippen molar-refractivity contribution in [2.24, 2.45) is 0 Å². The average molecular weight is 190 g/mol. The van der Waals surface area contributed by atoms with E-state index in [0.29, 0.717) is 5.65 Å². The third kappa shape index (κ3) is 1.16. The van der Waals surface area contributed by atoms with Crippen molar-refractivity contribution >= 4 is 11.6 Å². The van der Waals surface area contributed by atoms with Gasteiger partial charge in [0.05, 0.1) is 0 Å². The van der Waals surface area contributed by atoms with E-state index in [4.69, 9.17) is 5.11 Å². The van der Waals surface area contributed by atoms with Gasteiger partial charge >= 0.3 is 5.97 Å². The maximum absolute atomic E-state index is 10.8. The third-order valence-electron chi connectivity index (χ3n) is 2.17. The van der Waals surface area contributed by atoms with Crippen LogP contribution in [-0.2, 0) is 0 Å². The van der Waals surface area contributed by atoms with Crippen LogP contribution in [0.4, 0.5) is 0 Å². The minimum atomic E-state index is -0.940. The Kier molecular flexibility index (Phi) is 1.77. The lowest BCUT2D eigenvalue weighted by molar-refractivity contribution is 0.0699. The lowest BCUT2D eigenvalue weighted by atomic mass is 10.3. The summed E-state index contributed by atoms with van der Waals surface area (Å²) < 4.78 is 1.77. The zero-order chi connectivity index (χ0) is 10.3. The van der Waals surface area contributed by atoms with E-state index in [-0.39, 0.29) is 5.56 Å². The fourth-order valence-electron chi connectivity index (χ4n) is 1.56. The summed E-state index contributed by atoms with van der Waals surface area (Å²) in [5.74, 6) is -0.940. The number of fused-ring (bicyclic) bond motifs is 1. The maximum atomic E-state index is 10.8. The highest BCUT2D eigenvalue weighted by molar-refractivity contribution is 5.94. The van der Waals surface area contributed by atoms with Crippen molar-refractivity contribution in [1.82, 2.24) is 9.38 Å². The van der Waals surface area contributed by atoms with Crippen LogP contribution in [0.5, 0.6) is 0 Å². The molecule has 0 bridgehead atoms. The summed E-state index contributed by atoms with van der Waals surface area (Å²) in [5.41, 5.74) is 2.57. The highest BCUT2D eigenvalue weighted by atomic mass is 16.4. The first-order valence-electron chi connectivity index (χ1n) is 4.28. The largest absolute Gasteiger partial charge is 0.478 e. The number of hydrogen-bond acceptors (Lipinski definition) is 2. The highest BCUT2D eigenvalue weighted by Gasteiger charge is 2.11. The van der Waals surface area contributed by atoms with E-state index in [2.05, 4.69) is 4.98 Å². The molecule has 0 unspecified atom stereocenters. The molecule has 4 nitrogen and oxygen atoms in total. The van der Waals surface area contributed by atoms with E-state index < -0.39 is 5.97 Å². The van der Waals surface area contributed by atoms with Crippen LogP contribution >= 0.6 is 0 Å². The van der Waals surface area contributed by atoms with Gasteiger partial charge in [0.15, 0.2) is 5.65 Å². The summed E-state index contributed by atoms with van der Waals surface area (Å²) in [6.07, 6.45) is 1.72. The van der Waals surface area contributed by atoms with Gasteiger partial charge in [-0.25, -0.2) is 9.78 Å². The van der Waals surface area contributed by atoms with Crippen LogP contribution < -0.4 is 0 Å². The van der Waals surface area contributed by atoms with Gasteiger partial charge in [0, 0.05) is 17.6 Å². The van der Waals surface area contributed by atoms with E-state index in [1.54, 1.807) is 16.7 Å². The average Bonchev–Trinajstić information content (AvgIpc) is 2.47. The van der Waals surface area contributed by atoms with Gasteiger partial charge in [-0.15, -0.1) is 0 Å².